The molecule has 0 spiro atoms. The molecule has 21 heteroatoms. The summed E-state index contributed by atoms with van der Waals surface area (Å²) in [6, 6.07) is 52.9. The number of hydrogen-bond donors (Lipinski definition) is 1. The number of benzene rings is 10. The van der Waals surface area contributed by atoms with Gasteiger partial charge in [0.2, 0.25) is 0 Å². The van der Waals surface area contributed by atoms with Crippen LogP contribution in [0.15, 0.2) is 202 Å². The normalized spacial score (nSPS) is 17.5. The molecule has 2 atom stereocenters. The molecule has 0 fully saturated rings. The van der Waals surface area contributed by atoms with Crippen LogP contribution in [0.25, 0.3) is 87.6 Å². The van der Waals surface area contributed by atoms with Gasteiger partial charge in [-0.15, -0.1) is 4.86 Å². The Morgan fingerprint density at radius 1 is 0.373 bits per heavy atom. The highest BCUT2D eigenvalue weighted by atomic mass is 32.2. The van der Waals surface area contributed by atoms with E-state index in [9.17, 15) is 16.8 Å². The minimum atomic E-state index is -6.87. The fourth-order valence-electron chi connectivity index (χ4n) is 9.45. The molecular formula is C54H33F6N3O8P2S2. The summed E-state index contributed by atoms with van der Waals surface area (Å²) in [4.78, 5) is 2.38. The summed E-state index contributed by atoms with van der Waals surface area (Å²) in [6.45, 7) is 0. The number of sulfonamides is 2. The number of halogens is 6. The molecule has 10 aromatic rings. The number of hydrogen-bond acceptors (Lipinski definition) is 8. The summed E-state index contributed by atoms with van der Waals surface area (Å²) >= 11 is 0. The van der Waals surface area contributed by atoms with Gasteiger partial charge in [-0.05, 0) is 78.5 Å². The van der Waals surface area contributed by atoms with Crippen molar-refractivity contribution in [2.24, 2.45) is 8.30 Å². The Labute approximate surface area is 423 Å². The number of rotatable bonds is 6. The van der Waals surface area contributed by atoms with E-state index in [1.165, 1.54) is 24.3 Å². The van der Waals surface area contributed by atoms with Crippen molar-refractivity contribution in [2.45, 2.75) is 11.0 Å². The topological polar surface area (TPSA) is 142 Å². The second-order valence-electron chi connectivity index (χ2n) is 17.3. The highest BCUT2D eigenvalue weighted by Gasteiger charge is 2.55. The van der Waals surface area contributed by atoms with Crippen LogP contribution in [0.5, 0.6) is 23.0 Å². The summed E-state index contributed by atoms with van der Waals surface area (Å²) in [6.07, 6.45) is 0. The molecule has 0 aromatic heterocycles. The molecule has 1 N–H and O–H groups in total. The summed E-state index contributed by atoms with van der Waals surface area (Å²) in [5.74, 6) is -1.46. The minimum absolute atomic E-state index is 0.134. The van der Waals surface area contributed by atoms with Crippen LogP contribution < -0.4 is 23.0 Å². The maximum Gasteiger partial charge on any atom is 0.518 e. The maximum atomic E-state index is 15.2. The molecule has 2 unspecified atom stereocenters. The lowest BCUT2D eigenvalue weighted by molar-refractivity contribution is -0.0440. The van der Waals surface area contributed by atoms with Crippen molar-refractivity contribution in [2.75, 3.05) is 0 Å². The third-order valence-electron chi connectivity index (χ3n) is 12.6. The van der Waals surface area contributed by atoms with E-state index in [0.717, 1.165) is 0 Å². The summed E-state index contributed by atoms with van der Waals surface area (Å²) in [5, 5.41) is 3.95. The van der Waals surface area contributed by atoms with Gasteiger partial charge in [0.1, 0.15) is 23.0 Å². The summed E-state index contributed by atoms with van der Waals surface area (Å²) < 4.78 is 180. The lowest BCUT2D eigenvalue weighted by Gasteiger charge is -2.31. The highest BCUT2D eigenvalue weighted by molar-refractivity contribution is 7.96. The molecule has 2 aliphatic heterocycles. The molecule has 12 rings (SSSR count). The zero-order chi connectivity index (χ0) is 52.1. The number of nitrogens with one attached hydrogen (secondary N) is 1. The van der Waals surface area contributed by atoms with Crippen LogP contribution in [0.1, 0.15) is 0 Å². The minimum Gasteiger partial charge on any atom is -0.417 e. The molecule has 0 bridgehead atoms. The van der Waals surface area contributed by atoms with Gasteiger partial charge >= 0.3 is 46.4 Å². The first-order valence-corrected chi connectivity index (χ1v) is 28.6. The predicted octanol–water partition coefficient (Wildman–Crippen LogP) is 16.4. The Morgan fingerprint density at radius 2 is 0.693 bits per heavy atom. The quantitative estimate of drug-likeness (QED) is 0.127. The van der Waals surface area contributed by atoms with Gasteiger partial charge < -0.3 is 18.1 Å². The van der Waals surface area contributed by atoms with E-state index < -0.39 is 46.4 Å². The molecule has 2 aliphatic rings. The smallest absolute Gasteiger partial charge is 0.417 e. The first-order chi connectivity index (χ1) is 35.8. The van der Waals surface area contributed by atoms with E-state index >= 15 is 26.3 Å². The standard InChI is InChI=1S/C54H33F6N3O8P2S2/c55-53(56,57)74(64,65)62-72(68-45-29-27-35-19-7-11-23-39(35)47(45)49-41-25-13-9-21-37(41)31-43(51(49)70-72)33-15-3-1-4-16-33)61-73(63-75(66,67)54(58,59)60)69-46-30-28-36-20-8-12-24-40(36)48(46)50-42-26-14-10-22-38(42)32-44(52(50)71-73)34-17-5-2-6-18-34/h1-32,61H. The van der Waals surface area contributed by atoms with Crippen LogP contribution in [-0.2, 0) is 20.0 Å². The monoisotopic (exact) mass is 1090 g/mol. The van der Waals surface area contributed by atoms with Crippen LogP contribution in [0.2, 0.25) is 0 Å². The number of fused-ring (bicyclic) bond motifs is 14. The molecule has 2 heterocycles. The average Bonchev–Trinajstić information content (AvgIpc) is 3.65. The molecule has 0 amide bonds. The average molecular weight is 1090 g/mol. The van der Waals surface area contributed by atoms with Crippen LogP contribution in [0, 0.1) is 0 Å². The second kappa shape index (κ2) is 17.5. The SMILES string of the molecule is O=S(=O)(N=P1(NP2(=NS(=O)(=O)C(F)(F)F)Oc3ccc4ccccc4c3-c3c(c(-c4ccccc4)cc4ccccc34)O2)Oc2ccc3ccccc3c2-c2c(c(-c3ccccc3)cc3ccccc23)O1)C(F)(F)F. The largest absolute Gasteiger partial charge is 0.518 e. The maximum absolute atomic E-state index is 15.2. The van der Waals surface area contributed by atoms with Gasteiger partial charge in [0.25, 0.3) is 0 Å². The first-order valence-electron chi connectivity index (χ1n) is 22.6. The van der Waals surface area contributed by atoms with E-state index in [1.54, 1.807) is 170 Å². The van der Waals surface area contributed by atoms with Gasteiger partial charge in [0.15, 0.2) is 0 Å². The Bertz CT molecular complexity index is 4110. The van der Waals surface area contributed by atoms with Crippen molar-refractivity contribution >= 4 is 78.5 Å². The molecule has 11 nitrogen and oxygen atoms in total. The van der Waals surface area contributed by atoms with Crippen molar-refractivity contribution in [3.63, 3.8) is 0 Å². The Kier molecular flexibility index (Phi) is 11.2. The second-order valence-corrected chi connectivity index (χ2v) is 25.0. The van der Waals surface area contributed by atoms with Crippen LogP contribution >= 0.6 is 15.3 Å². The van der Waals surface area contributed by atoms with Crippen molar-refractivity contribution in [3.05, 3.63) is 194 Å². The molecule has 0 radical (unpaired) electrons. The molecule has 0 saturated heterocycles. The van der Waals surface area contributed by atoms with Crippen LogP contribution in [-0.4, -0.2) is 27.9 Å². The van der Waals surface area contributed by atoms with Gasteiger partial charge in [-0.1, -0.05) is 178 Å². The third kappa shape index (κ3) is 8.26. The van der Waals surface area contributed by atoms with Crippen molar-refractivity contribution in [1.82, 2.24) is 4.86 Å². The van der Waals surface area contributed by atoms with Crippen molar-refractivity contribution in [1.29, 1.82) is 0 Å². The third-order valence-corrected chi connectivity index (χ3v) is 21.0. The number of nitrogens with zero attached hydrogens (tertiary/aromatic N) is 2. The van der Waals surface area contributed by atoms with E-state index in [4.69, 9.17) is 18.1 Å². The Balaban J connectivity index is 1.26. The van der Waals surface area contributed by atoms with Gasteiger partial charge in [0, 0.05) is 33.4 Å². The zero-order valence-corrected chi connectivity index (χ0v) is 41.5. The van der Waals surface area contributed by atoms with E-state index in [2.05, 4.69) is 13.2 Å². The van der Waals surface area contributed by atoms with E-state index in [0.29, 0.717) is 54.2 Å². The van der Waals surface area contributed by atoms with Gasteiger partial charge in [-0.2, -0.15) is 43.2 Å². The highest BCUT2D eigenvalue weighted by Crippen LogP contribution is 2.70. The Hall–Kier alpha value is -7.66. The summed E-state index contributed by atoms with van der Waals surface area (Å²) in [7, 11) is -25.7. The predicted molar refractivity (Wildman–Crippen MR) is 279 cm³/mol. The fourth-order valence-corrected chi connectivity index (χ4v) is 17.7. The van der Waals surface area contributed by atoms with Crippen molar-refractivity contribution in [3.8, 4) is 67.5 Å². The molecule has 75 heavy (non-hydrogen) atoms. The van der Waals surface area contributed by atoms with E-state index in [-0.39, 0.29) is 56.4 Å². The lowest BCUT2D eigenvalue weighted by Crippen LogP contribution is -2.28. The van der Waals surface area contributed by atoms with Gasteiger partial charge in [-0.25, -0.2) is 0 Å². The Morgan fingerprint density at radius 3 is 1.05 bits per heavy atom. The van der Waals surface area contributed by atoms with Crippen LogP contribution in [0.4, 0.5) is 26.3 Å². The fraction of sp³-hybridized carbons (Fsp3) is 0.0370. The molecule has 0 saturated carbocycles. The lowest BCUT2D eigenvalue weighted by atomic mass is 9.89. The zero-order valence-electron chi connectivity index (χ0n) is 38.1. The van der Waals surface area contributed by atoms with Gasteiger partial charge in [0.05, 0.1) is 0 Å². The van der Waals surface area contributed by atoms with E-state index in [1.807, 2.05) is 0 Å². The van der Waals surface area contributed by atoms with Gasteiger partial charge in [-0.3, -0.25) is 0 Å². The summed E-state index contributed by atoms with van der Waals surface area (Å²) in [5.41, 5.74) is -10.8. The first kappa shape index (κ1) is 48.3. The number of alkyl halides is 6. The molecular weight excluding hydrogens is 1060 g/mol. The molecule has 0 aliphatic carbocycles. The van der Waals surface area contributed by atoms with Crippen molar-refractivity contribution < 1.29 is 61.3 Å². The molecule has 376 valence electrons. The molecule has 10 aromatic carbocycles. The van der Waals surface area contributed by atoms with Crippen LogP contribution in [0.3, 0.4) is 0 Å².